The lowest BCUT2D eigenvalue weighted by molar-refractivity contribution is 0.0940. The van der Waals surface area contributed by atoms with Gasteiger partial charge in [-0.15, -0.1) is 0 Å². The Morgan fingerprint density at radius 3 is 2.52 bits per heavy atom. The summed E-state index contributed by atoms with van der Waals surface area (Å²) < 4.78 is 5.60. The molecule has 1 aliphatic carbocycles. The minimum absolute atomic E-state index is 0.0605. The van der Waals surface area contributed by atoms with Gasteiger partial charge in [-0.3, -0.25) is 4.79 Å². The SMILES string of the molecule is CC(C)COc1ccc(C(=O)NCC2(CCO)CC2)cc1. The van der Waals surface area contributed by atoms with Gasteiger partial charge >= 0.3 is 0 Å². The molecule has 0 heterocycles. The van der Waals surface area contributed by atoms with E-state index in [1.54, 1.807) is 12.1 Å². The molecular weight excluding hydrogens is 266 g/mol. The Morgan fingerprint density at radius 2 is 2.00 bits per heavy atom. The van der Waals surface area contributed by atoms with Crippen molar-refractivity contribution >= 4 is 5.91 Å². The van der Waals surface area contributed by atoms with Crippen LogP contribution in [0.4, 0.5) is 0 Å². The zero-order chi connectivity index (χ0) is 15.3. The van der Waals surface area contributed by atoms with Crippen LogP contribution in [0.15, 0.2) is 24.3 Å². The number of aliphatic hydroxyl groups excluding tert-OH is 1. The van der Waals surface area contributed by atoms with Crippen molar-refractivity contribution in [2.45, 2.75) is 33.1 Å². The summed E-state index contributed by atoms with van der Waals surface area (Å²) in [6.07, 6.45) is 2.96. The van der Waals surface area contributed by atoms with Gasteiger partial charge < -0.3 is 15.2 Å². The monoisotopic (exact) mass is 291 g/mol. The van der Waals surface area contributed by atoms with Crippen molar-refractivity contribution in [1.29, 1.82) is 0 Å². The molecule has 2 N–H and O–H groups in total. The molecule has 0 unspecified atom stereocenters. The number of nitrogens with one attached hydrogen (secondary N) is 1. The van der Waals surface area contributed by atoms with Crippen LogP contribution in [0.2, 0.25) is 0 Å². The van der Waals surface area contributed by atoms with E-state index in [0.717, 1.165) is 25.0 Å². The lowest BCUT2D eigenvalue weighted by Gasteiger charge is -2.14. The molecule has 0 bridgehead atoms. The first kappa shape index (κ1) is 15.8. The smallest absolute Gasteiger partial charge is 0.251 e. The standard InChI is InChI=1S/C17H25NO3/c1-13(2)11-21-15-5-3-14(4-6-15)16(20)18-12-17(7-8-17)9-10-19/h3-6,13,19H,7-12H2,1-2H3,(H,18,20). The van der Waals surface area contributed by atoms with Crippen LogP contribution in [0.25, 0.3) is 0 Å². The molecular formula is C17H25NO3. The summed E-state index contributed by atoms with van der Waals surface area (Å²) in [6, 6.07) is 7.24. The van der Waals surface area contributed by atoms with Crippen molar-refractivity contribution in [3.05, 3.63) is 29.8 Å². The van der Waals surface area contributed by atoms with E-state index in [2.05, 4.69) is 19.2 Å². The summed E-state index contributed by atoms with van der Waals surface area (Å²) in [5.41, 5.74) is 0.789. The highest BCUT2D eigenvalue weighted by molar-refractivity contribution is 5.94. The van der Waals surface area contributed by atoms with Crippen molar-refractivity contribution in [1.82, 2.24) is 5.32 Å². The molecule has 1 fully saturated rings. The lowest BCUT2D eigenvalue weighted by Crippen LogP contribution is -2.30. The van der Waals surface area contributed by atoms with E-state index in [0.29, 0.717) is 24.6 Å². The largest absolute Gasteiger partial charge is 0.493 e. The fourth-order valence-corrected chi connectivity index (χ4v) is 2.26. The molecule has 1 aromatic carbocycles. The van der Waals surface area contributed by atoms with Crippen molar-refractivity contribution in [3.63, 3.8) is 0 Å². The van der Waals surface area contributed by atoms with E-state index < -0.39 is 0 Å². The van der Waals surface area contributed by atoms with Crippen molar-refractivity contribution in [3.8, 4) is 5.75 Å². The van der Waals surface area contributed by atoms with Crippen molar-refractivity contribution in [2.75, 3.05) is 19.8 Å². The van der Waals surface area contributed by atoms with Crippen LogP contribution in [0.5, 0.6) is 5.75 Å². The molecule has 0 saturated heterocycles. The summed E-state index contributed by atoms with van der Waals surface area (Å²) >= 11 is 0. The molecule has 21 heavy (non-hydrogen) atoms. The molecule has 1 aromatic rings. The Labute approximate surface area is 126 Å². The fourth-order valence-electron chi connectivity index (χ4n) is 2.26. The van der Waals surface area contributed by atoms with E-state index in [-0.39, 0.29) is 17.9 Å². The van der Waals surface area contributed by atoms with Gasteiger partial charge in [-0.05, 0) is 54.9 Å². The predicted molar refractivity (Wildman–Crippen MR) is 82.5 cm³/mol. The molecule has 4 nitrogen and oxygen atoms in total. The van der Waals surface area contributed by atoms with E-state index >= 15 is 0 Å². The van der Waals surface area contributed by atoms with E-state index in [1.165, 1.54) is 0 Å². The Morgan fingerprint density at radius 1 is 1.33 bits per heavy atom. The van der Waals surface area contributed by atoms with Crippen LogP contribution in [0.3, 0.4) is 0 Å². The maximum Gasteiger partial charge on any atom is 0.251 e. The molecule has 0 spiro atoms. The van der Waals surface area contributed by atoms with Crippen LogP contribution in [-0.4, -0.2) is 30.8 Å². The number of ether oxygens (including phenoxy) is 1. The molecule has 2 rings (SSSR count). The number of benzene rings is 1. The zero-order valence-electron chi connectivity index (χ0n) is 12.9. The molecule has 1 amide bonds. The topological polar surface area (TPSA) is 58.6 Å². The van der Waals surface area contributed by atoms with Crippen LogP contribution in [-0.2, 0) is 0 Å². The molecule has 0 aliphatic heterocycles. The van der Waals surface area contributed by atoms with Gasteiger partial charge in [0.25, 0.3) is 5.91 Å². The number of hydrogen-bond donors (Lipinski definition) is 2. The number of rotatable bonds is 8. The highest BCUT2D eigenvalue weighted by atomic mass is 16.5. The highest BCUT2D eigenvalue weighted by Gasteiger charge is 2.41. The number of aliphatic hydroxyl groups is 1. The number of carbonyl (C=O) groups excluding carboxylic acids is 1. The second kappa shape index (κ2) is 6.94. The summed E-state index contributed by atoms with van der Waals surface area (Å²) in [5, 5.41) is 12.0. The van der Waals surface area contributed by atoms with E-state index in [4.69, 9.17) is 9.84 Å². The van der Waals surface area contributed by atoms with Crippen molar-refractivity contribution < 1.29 is 14.6 Å². The van der Waals surface area contributed by atoms with Crippen LogP contribution >= 0.6 is 0 Å². The molecule has 1 aliphatic rings. The molecule has 116 valence electrons. The normalized spacial score (nSPS) is 15.8. The van der Waals surface area contributed by atoms with Gasteiger partial charge in [-0.2, -0.15) is 0 Å². The fraction of sp³-hybridized carbons (Fsp3) is 0.588. The van der Waals surface area contributed by atoms with Gasteiger partial charge in [-0.1, -0.05) is 13.8 Å². The zero-order valence-corrected chi connectivity index (χ0v) is 12.9. The van der Waals surface area contributed by atoms with Crippen LogP contribution in [0, 0.1) is 11.3 Å². The van der Waals surface area contributed by atoms with Crippen LogP contribution in [0.1, 0.15) is 43.5 Å². The third-order valence-electron chi connectivity index (χ3n) is 3.92. The molecule has 0 radical (unpaired) electrons. The quantitative estimate of drug-likeness (QED) is 0.774. The number of hydrogen-bond acceptors (Lipinski definition) is 3. The Hall–Kier alpha value is -1.55. The van der Waals surface area contributed by atoms with Crippen molar-refractivity contribution in [2.24, 2.45) is 11.3 Å². The van der Waals surface area contributed by atoms with Crippen LogP contribution < -0.4 is 10.1 Å². The first-order chi connectivity index (χ1) is 10.0. The third kappa shape index (κ3) is 4.74. The van der Waals surface area contributed by atoms with Gasteiger partial charge in [-0.25, -0.2) is 0 Å². The molecule has 0 atom stereocenters. The Kier molecular flexibility index (Phi) is 5.23. The second-order valence-electron chi connectivity index (χ2n) is 6.39. The Bertz CT molecular complexity index is 463. The average Bonchev–Trinajstić information content (AvgIpc) is 3.24. The number of carbonyl (C=O) groups is 1. The summed E-state index contributed by atoms with van der Waals surface area (Å²) in [4.78, 5) is 12.1. The third-order valence-corrected chi connectivity index (χ3v) is 3.92. The van der Waals surface area contributed by atoms with Gasteiger partial charge in [0.05, 0.1) is 6.61 Å². The number of amides is 1. The summed E-state index contributed by atoms with van der Waals surface area (Å²) in [5.74, 6) is 1.21. The Balaban J connectivity index is 1.82. The predicted octanol–water partition coefficient (Wildman–Crippen LogP) is 2.61. The van der Waals surface area contributed by atoms with Gasteiger partial charge in [0, 0.05) is 18.7 Å². The molecule has 0 aromatic heterocycles. The van der Waals surface area contributed by atoms with E-state index in [9.17, 15) is 4.79 Å². The first-order valence-corrected chi connectivity index (χ1v) is 7.67. The van der Waals surface area contributed by atoms with E-state index in [1.807, 2.05) is 12.1 Å². The molecule has 4 heteroatoms. The molecule has 1 saturated carbocycles. The second-order valence-corrected chi connectivity index (χ2v) is 6.39. The minimum Gasteiger partial charge on any atom is -0.493 e. The highest BCUT2D eigenvalue weighted by Crippen LogP contribution is 2.47. The summed E-state index contributed by atoms with van der Waals surface area (Å²) in [6.45, 7) is 5.72. The summed E-state index contributed by atoms with van der Waals surface area (Å²) in [7, 11) is 0. The minimum atomic E-state index is -0.0605. The van der Waals surface area contributed by atoms with Gasteiger partial charge in [0.15, 0.2) is 0 Å². The maximum absolute atomic E-state index is 12.1. The van der Waals surface area contributed by atoms with Gasteiger partial charge in [0.1, 0.15) is 5.75 Å². The lowest BCUT2D eigenvalue weighted by atomic mass is 10.0. The van der Waals surface area contributed by atoms with Gasteiger partial charge in [0.2, 0.25) is 0 Å². The maximum atomic E-state index is 12.1. The first-order valence-electron chi connectivity index (χ1n) is 7.67. The average molecular weight is 291 g/mol.